The molecule has 0 bridgehead atoms. The maximum atomic E-state index is 13.0. The molecule has 0 aliphatic rings. The Morgan fingerprint density at radius 1 is 1.14 bits per heavy atom. The van der Waals surface area contributed by atoms with E-state index in [-0.39, 0.29) is 12.1 Å². The lowest BCUT2D eigenvalue weighted by molar-refractivity contribution is 0.0241. The van der Waals surface area contributed by atoms with Crippen LogP contribution in [-0.2, 0) is 11.2 Å². The van der Waals surface area contributed by atoms with Gasteiger partial charge in [-0.15, -0.1) is 0 Å². The Kier molecular flexibility index (Phi) is 8.67. The predicted octanol–water partition coefficient (Wildman–Crippen LogP) is 7.43. The Hall–Kier alpha value is -2.87. The van der Waals surface area contributed by atoms with Gasteiger partial charge in [-0.05, 0) is 91.5 Å². The van der Waals surface area contributed by atoms with Crippen molar-refractivity contribution in [1.82, 2.24) is 14.6 Å². The Morgan fingerprint density at radius 2 is 1.94 bits per heavy atom. The smallest absolute Gasteiger partial charge is 0.410 e. The van der Waals surface area contributed by atoms with Crippen LogP contribution in [0.1, 0.15) is 33.3 Å². The van der Waals surface area contributed by atoms with Crippen molar-refractivity contribution in [3.63, 3.8) is 0 Å². The number of thiophene rings is 1. The highest BCUT2D eigenvalue weighted by atomic mass is 32.2. The van der Waals surface area contributed by atoms with E-state index in [1.807, 2.05) is 51.4 Å². The van der Waals surface area contributed by atoms with Crippen LogP contribution in [-0.4, -0.2) is 40.7 Å². The maximum absolute atomic E-state index is 13.0. The van der Waals surface area contributed by atoms with Crippen LogP contribution in [0.4, 0.5) is 4.79 Å². The van der Waals surface area contributed by atoms with Crippen molar-refractivity contribution < 1.29 is 9.53 Å². The number of amides is 1. The van der Waals surface area contributed by atoms with Gasteiger partial charge in [0, 0.05) is 47.4 Å². The first-order valence-corrected chi connectivity index (χ1v) is 13.9. The number of nitrogens with one attached hydrogen (secondary N) is 1. The summed E-state index contributed by atoms with van der Waals surface area (Å²) in [7, 11) is 0. The molecule has 188 valence electrons. The van der Waals surface area contributed by atoms with E-state index in [9.17, 15) is 4.79 Å². The number of carbonyl (C=O) groups is 1. The molecule has 2 aromatic carbocycles. The zero-order valence-corrected chi connectivity index (χ0v) is 22.9. The highest BCUT2D eigenvalue weighted by Gasteiger charge is 2.23. The summed E-state index contributed by atoms with van der Waals surface area (Å²) in [6, 6.07) is 18.8. The van der Waals surface area contributed by atoms with Gasteiger partial charge >= 0.3 is 6.09 Å². The highest BCUT2D eigenvalue weighted by Crippen LogP contribution is 2.31. The van der Waals surface area contributed by atoms with Gasteiger partial charge in [-0.25, -0.2) is 4.79 Å². The zero-order valence-electron chi connectivity index (χ0n) is 21.2. The van der Waals surface area contributed by atoms with Crippen LogP contribution in [0.25, 0.3) is 21.9 Å². The minimum Gasteiger partial charge on any atom is -0.444 e. The molecule has 1 atom stereocenters. The second-order valence-corrected chi connectivity index (χ2v) is 11.6. The third-order valence-corrected chi connectivity index (χ3v) is 7.29. The van der Waals surface area contributed by atoms with Gasteiger partial charge in [-0.1, -0.05) is 36.4 Å². The largest absolute Gasteiger partial charge is 0.444 e. The van der Waals surface area contributed by atoms with E-state index in [1.54, 1.807) is 28.2 Å². The minimum atomic E-state index is -0.534. The van der Waals surface area contributed by atoms with Gasteiger partial charge in [0.25, 0.3) is 0 Å². The molecular formula is C29H33N3O2S2. The molecule has 2 aromatic heterocycles. The number of carbonyl (C=O) groups excluding carboxylic acids is 1. The fourth-order valence-electron chi connectivity index (χ4n) is 3.88. The van der Waals surface area contributed by atoms with Gasteiger partial charge in [0.05, 0.1) is 0 Å². The Labute approximate surface area is 222 Å². The summed E-state index contributed by atoms with van der Waals surface area (Å²) in [4.78, 5) is 20.3. The fourth-order valence-corrected chi connectivity index (χ4v) is 5.26. The third-order valence-electron chi connectivity index (χ3n) is 5.60. The van der Waals surface area contributed by atoms with Crippen LogP contribution < -0.4 is 4.72 Å². The molecule has 0 radical (unpaired) electrons. The van der Waals surface area contributed by atoms with Crippen LogP contribution >= 0.6 is 23.3 Å². The van der Waals surface area contributed by atoms with E-state index in [0.29, 0.717) is 13.1 Å². The number of fused-ring (bicyclic) bond motifs is 1. The molecule has 0 unspecified atom stereocenters. The molecule has 0 aliphatic heterocycles. The molecule has 36 heavy (non-hydrogen) atoms. The first kappa shape index (κ1) is 26.2. The van der Waals surface area contributed by atoms with Crippen molar-refractivity contribution in [2.45, 2.75) is 50.7 Å². The number of rotatable bonds is 9. The predicted molar refractivity (Wildman–Crippen MR) is 151 cm³/mol. The van der Waals surface area contributed by atoms with Crippen LogP contribution in [0.5, 0.6) is 0 Å². The number of benzene rings is 2. The second-order valence-electron chi connectivity index (χ2n) is 9.86. The summed E-state index contributed by atoms with van der Waals surface area (Å²) >= 11 is 3.27. The average Bonchev–Trinajstić information content (AvgIpc) is 3.39. The molecule has 0 saturated heterocycles. The van der Waals surface area contributed by atoms with E-state index >= 15 is 0 Å². The van der Waals surface area contributed by atoms with Crippen molar-refractivity contribution in [1.29, 1.82) is 0 Å². The Morgan fingerprint density at radius 3 is 2.67 bits per heavy atom. The lowest BCUT2D eigenvalue weighted by atomic mass is 10.0. The maximum Gasteiger partial charge on any atom is 0.410 e. The number of nitrogens with zero attached hydrogens (tertiary/aromatic N) is 2. The highest BCUT2D eigenvalue weighted by molar-refractivity contribution is 7.97. The summed E-state index contributed by atoms with van der Waals surface area (Å²) in [5.41, 5.74) is 3.00. The van der Waals surface area contributed by atoms with Gasteiger partial charge in [0.2, 0.25) is 0 Å². The molecule has 4 aromatic rings. The molecule has 7 heteroatoms. The van der Waals surface area contributed by atoms with Crippen molar-refractivity contribution in [2.75, 3.05) is 13.1 Å². The monoisotopic (exact) mass is 519 g/mol. The standard InChI is InChI=1S/C29H33N3O2S2/c1-21(19-32(28(33)34-29(2,3)4)14-12-22-8-6-5-7-9-22)31-36-25-11-10-23-17-30-18-27(26(23)16-25)24-13-15-35-20-24/h5-11,13,15-18,20-21,31H,12,14,19H2,1-4H3/t21-/m1/s1. The van der Waals surface area contributed by atoms with E-state index in [4.69, 9.17) is 4.74 Å². The molecule has 0 saturated carbocycles. The van der Waals surface area contributed by atoms with Gasteiger partial charge < -0.3 is 9.64 Å². The summed E-state index contributed by atoms with van der Waals surface area (Å²) < 4.78 is 9.21. The van der Waals surface area contributed by atoms with Crippen LogP contribution in [0, 0.1) is 0 Å². The van der Waals surface area contributed by atoms with Crippen molar-refractivity contribution in [2.24, 2.45) is 0 Å². The third kappa shape index (κ3) is 7.32. The SMILES string of the molecule is C[C@H](CN(CCc1ccccc1)C(=O)OC(C)(C)C)NSc1ccc2cncc(-c3ccsc3)c2c1. The van der Waals surface area contributed by atoms with E-state index < -0.39 is 5.60 Å². The number of pyridine rings is 1. The first-order valence-electron chi connectivity index (χ1n) is 12.1. The topological polar surface area (TPSA) is 54.5 Å². The number of ether oxygens (including phenoxy) is 1. The lowest BCUT2D eigenvalue weighted by Crippen LogP contribution is -2.44. The molecule has 4 rings (SSSR count). The van der Waals surface area contributed by atoms with Crippen molar-refractivity contribution >= 4 is 40.2 Å². The summed E-state index contributed by atoms with van der Waals surface area (Å²) in [6.45, 7) is 8.94. The molecule has 1 amide bonds. The van der Waals surface area contributed by atoms with Crippen LogP contribution in [0.3, 0.4) is 0 Å². The molecule has 0 spiro atoms. The number of hydrogen-bond acceptors (Lipinski definition) is 6. The summed E-state index contributed by atoms with van der Waals surface area (Å²) in [6.07, 6.45) is 4.33. The number of aromatic nitrogens is 1. The minimum absolute atomic E-state index is 0.0581. The van der Waals surface area contributed by atoms with E-state index in [0.717, 1.165) is 22.3 Å². The van der Waals surface area contributed by atoms with Gasteiger partial charge in [-0.3, -0.25) is 9.71 Å². The van der Waals surface area contributed by atoms with Crippen molar-refractivity contribution in [3.05, 3.63) is 83.3 Å². The van der Waals surface area contributed by atoms with E-state index in [1.165, 1.54) is 16.5 Å². The average molecular weight is 520 g/mol. The number of hydrogen-bond donors (Lipinski definition) is 1. The zero-order chi connectivity index (χ0) is 25.5. The second kappa shape index (κ2) is 11.9. The molecule has 0 fully saturated rings. The Balaban J connectivity index is 1.42. The van der Waals surface area contributed by atoms with Crippen LogP contribution in [0.2, 0.25) is 0 Å². The molecule has 5 nitrogen and oxygen atoms in total. The molecule has 2 heterocycles. The molecular weight excluding hydrogens is 486 g/mol. The van der Waals surface area contributed by atoms with Gasteiger partial charge in [0.15, 0.2) is 0 Å². The molecule has 1 N–H and O–H groups in total. The summed E-state index contributed by atoms with van der Waals surface area (Å²) in [5, 5.41) is 6.54. The fraction of sp³-hybridized carbons (Fsp3) is 0.310. The van der Waals surface area contributed by atoms with Crippen LogP contribution in [0.15, 0.2) is 82.6 Å². The van der Waals surface area contributed by atoms with Crippen molar-refractivity contribution in [3.8, 4) is 11.1 Å². The van der Waals surface area contributed by atoms with Gasteiger partial charge in [0.1, 0.15) is 5.60 Å². The normalized spacial score (nSPS) is 12.4. The lowest BCUT2D eigenvalue weighted by Gasteiger charge is -2.29. The molecule has 0 aliphatic carbocycles. The van der Waals surface area contributed by atoms with Gasteiger partial charge in [-0.2, -0.15) is 11.3 Å². The Bertz CT molecular complexity index is 1270. The first-order chi connectivity index (χ1) is 17.3. The van der Waals surface area contributed by atoms with E-state index in [2.05, 4.69) is 63.8 Å². The summed E-state index contributed by atoms with van der Waals surface area (Å²) in [5.74, 6) is 0. The quantitative estimate of drug-likeness (QED) is 0.233.